The van der Waals surface area contributed by atoms with Crippen molar-refractivity contribution in [3.05, 3.63) is 52.3 Å². The monoisotopic (exact) mass is 394 g/mol. The smallest absolute Gasteiger partial charge is 0.274 e. The third-order valence-electron chi connectivity index (χ3n) is 4.04. The predicted octanol–water partition coefficient (Wildman–Crippen LogP) is 3.38. The van der Waals surface area contributed by atoms with Gasteiger partial charge in [-0.15, -0.1) is 0 Å². The number of rotatable bonds is 6. The lowest BCUT2D eigenvalue weighted by molar-refractivity contribution is 0.0398. The Bertz CT molecular complexity index is 749. The van der Waals surface area contributed by atoms with Crippen LogP contribution < -0.4 is 10.6 Å². The van der Waals surface area contributed by atoms with Crippen LogP contribution in [0.4, 0.5) is 11.4 Å². The van der Waals surface area contributed by atoms with E-state index in [-0.39, 0.29) is 5.91 Å². The zero-order chi connectivity index (χ0) is 18.4. The third kappa shape index (κ3) is 5.32. The van der Waals surface area contributed by atoms with Crippen molar-refractivity contribution in [2.75, 3.05) is 50.0 Å². The van der Waals surface area contributed by atoms with Crippen molar-refractivity contribution >= 4 is 40.5 Å². The molecule has 8 heteroatoms. The number of benzene rings is 1. The Labute approximate surface area is 162 Å². The fraction of sp³-hybridized carbons (Fsp3) is 0.333. The molecule has 26 heavy (non-hydrogen) atoms. The summed E-state index contributed by atoms with van der Waals surface area (Å²) in [5.74, 6) is -0.325. The fourth-order valence-corrected chi connectivity index (χ4v) is 3.05. The predicted molar refractivity (Wildman–Crippen MR) is 104 cm³/mol. The summed E-state index contributed by atoms with van der Waals surface area (Å²) in [4.78, 5) is 18.8. The Hall–Kier alpha value is -1.86. The SMILES string of the molecule is O=C(Nc1ccc(Cl)cc1Cl)c1ccc(NCCN2CCOCC2)cn1. The van der Waals surface area contributed by atoms with Crippen LogP contribution in [0.3, 0.4) is 0 Å². The lowest BCUT2D eigenvalue weighted by atomic mass is 10.2. The van der Waals surface area contributed by atoms with Crippen molar-refractivity contribution in [2.24, 2.45) is 0 Å². The minimum atomic E-state index is -0.325. The second-order valence-corrected chi connectivity index (χ2v) is 6.73. The molecule has 0 atom stereocenters. The number of aromatic nitrogens is 1. The second-order valence-electron chi connectivity index (χ2n) is 5.89. The van der Waals surface area contributed by atoms with Crippen LogP contribution in [-0.2, 0) is 4.74 Å². The van der Waals surface area contributed by atoms with Gasteiger partial charge in [0.1, 0.15) is 5.69 Å². The van der Waals surface area contributed by atoms with E-state index in [2.05, 4.69) is 20.5 Å². The highest BCUT2D eigenvalue weighted by Crippen LogP contribution is 2.25. The maximum absolute atomic E-state index is 12.3. The molecule has 0 spiro atoms. The molecule has 3 rings (SSSR count). The summed E-state index contributed by atoms with van der Waals surface area (Å²) in [6, 6.07) is 8.41. The van der Waals surface area contributed by atoms with Gasteiger partial charge >= 0.3 is 0 Å². The molecule has 1 saturated heterocycles. The van der Waals surface area contributed by atoms with Gasteiger partial charge < -0.3 is 15.4 Å². The minimum Gasteiger partial charge on any atom is -0.383 e. The first kappa shape index (κ1) is 18.9. The van der Waals surface area contributed by atoms with E-state index >= 15 is 0 Å². The van der Waals surface area contributed by atoms with E-state index in [1.165, 1.54) is 0 Å². The number of carbonyl (C=O) groups is 1. The number of hydrogen-bond donors (Lipinski definition) is 2. The van der Waals surface area contributed by atoms with Crippen LogP contribution in [-0.4, -0.2) is 55.2 Å². The first-order valence-corrected chi connectivity index (χ1v) is 9.14. The number of ether oxygens (including phenoxy) is 1. The topological polar surface area (TPSA) is 66.5 Å². The van der Waals surface area contributed by atoms with Gasteiger partial charge in [0.05, 0.1) is 35.8 Å². The van der Waals surface area contributed by atoms with E-state index in [4.69, 9.17) is 27.9 Å². The molecule has 6 nitrogen and oxygen atoms in total. The Morgan fingerprint density at radius 2 is 2.00 bits per heavy atom. The Morgan fingerprint density at radius 1 is 1.19 bits per heavy atom. The van der Waals surface area contributed by atoms with Crippen molar-refractivity contribution in [3.8, 4) is 0 Å². The van der Waals surface area contributed by atoms with Gasteiger partial charge in [0.2, 0.25) is 0 Å². The molecule has 0 bridgehead atoms. The second kappa shape index (κ2) is 9.19. The zero-order valence-corrected chi connectivity index (χ0v) is 15.7. The summed E-state index contributed by atoms with van der Waals surface area (Å²) in [7, 11) is 0. The summed E-state index contributed by atoms with van der Waals surface area (Å²) in [6.07, 6.45) is 1.65. The fourth-order valence-electron chi connectivity index (χ4n) is 2.59. The van der Waals surface area contributed by atoms with Crippen LogP contribution in [0.1, 0.15) is 10.5 Å². The van der Waals surface area contributed by atoms with Gasteiger partial charge in [-0.1, -0.05) is 23.2 Å². The standard InChI is InChI=1S/C18H20Cl2N4O2/c19-13-1-3-16(15(20)11-13)23-18(25)17-4-2-14(12-22-17)21-5-6-24-7-9-26-10-8-24/h1-4,11-12,21H,5-10H2,(H,23,25). The number of halogens is 2. The van der Waals surface area contributed by atoms with Gasteiger partial charge in [-0.05, 0) is 30.3 Å². The lowest BCUT2D eigenvalue weighted by Crippen LogP contribution is -2.39. The van der Waals surface area contributed by atoms with Crippen LogP contribution in [0, 0.1) is 0 Å². The molecule has 1 fully saturated rings. The van der Waals surface area contributed by atoms with Gasteiger partial charge in [-0.25, -0.2) is 4.98 Å². The molecule has 1 amide bonds. The van der Waals surface area contributed by atoms with E-state index < -0.39 is 0 Å². The van der Waals surface area contributed by atoms with Gasteiger partial charge in [0.15, 0.2) is 0 Å². The molecule has 0 saturated carbocycles. The van der Waals surface area contributed by atoms with Gasteiger partial charge in [-0.3, -0.25) is 9.69 Å². The Kier molecular flexibility index (Phi) is 6.68. The summed E-state index contributed by atoms with van der Waals surface area (Å²) in [6.45, 7) is 5.28. The minimum absolute atomic E-state index is 0.315. The third-order valence-corrected chi connectivity index (χ3v) is 4.58. The van der Waals surface area contributed by atoms with Gasteiger partial charge in [0.25, 0.3) is 5.91 Å². The van der Waals surface area contributed by atoms with Crippen molar-refractivity contribution in [3.63, 3.8) is 0 Å². The van der Waals surface area contributed by atoms with E-state index in [1.807, 2.05) is 6.07 Å². The Balaban J connectivity index is 1.50. The number of anilines is 2. The molecule has 1 aromatic heterocycles. The van der Waals surface area contributed by atoms with Crippen LogP contribution >= 0.6 is 23.2 Å². The van der Waals surface area contributed by atoms with Crippen LogP contribution in [0.15, 0.2) is 36.5 Å². The van der Waals surface area contributed by atoms with E-state index in [1.54, 1.807) is 30.5 Å². The molecule has 138 valence electrons. The van der Waals surface area contributed by atoms with Crippen LogP contribution in [0.2, 0.25) is 10.0 Å². The van der Waals surface area contributed by atoms with Crippen molar-refractivity contribution in [1.29, 1.82) is 0 Å². The first-order valence-electron chi connectivity index (χ1n) is 8.38. The maximum Gasteiger partial charge on any atom is 0.274 e. The number of morpholine rings is 1. The Morgan fingerprint density at radius 3 is 2.69 bits per heavy atom. The zero-order valence-electron chi connectivity index (χ0n) is 14.2. The molecule has 0 aliphatic carbocycles. The summed E-state index contributed by atoms with van der Waals surface area (Å²) in [5, 5.41) is 6.93. The summed E-state index contributed by atoms with van der Waals surface area (Å²) < 4.78 is 5.33. The lowest BCUT2D eigenvalue weighted by Gasteiger charge is -2.26. The molecule has 2 heterocycles. The summed E-state index contributed by atoms with van der Waals surface area (Å²) >= 11 is 11.9. The molecule has 0 unspecified atom stereocenters. The van der Waals surface area contributed by atoms with E-state index in [0.29, 0.717) is 21.4 Å². The molecular formula is C18H20Cl2N4O2. The molecule has 1 aromatic carbocycles. The number of pyridine rings is 1. The molecular weight excluding hydrogens is 375 g/mol. The molecule has 1 aliphatic rings. The highest BCUT2D eigenvalue weighted by atomic mass is 35.5. The largest absolute Gasteiger partial charge is 0.383 e. The van der Waals surface area contributed by atoms with Crippen molar-refractivity contribution in [2.45, 2.75) is 0 Å². The van der Waals surface area contributed by atoms with E-state index in [0.717, 1.165) is 45.1 Å². The van der Waals surface area contributed by atoms with Crippen molar-refractivity contribution < 1.29 is 9.53 Å². The molecule has 0 radical (unpaired) electrons. The first-order chi connectivity index (χ1) is 12.6. The van der Waals surface area contributed by atoms with Crippen LogP contribution in [0.25, 0.3) is 0 Å². The number of nitrogens with one attached hydrogen (secondary N) is 2. The normalized spacial score (nSPS) is 14.8. The molecule has 1 aliphatic heterocycles. The highest BCUT2D eigenvalue weighted by Gasteiger charge is 2.11. The average Bonchev–Trinajstić information content (AvgIpc) is 2.65. The number of nitrogens with zero attached hydrogens (tertiary/aromatic N) is 2. The van der Waals surface area contributed by atoms with Crippen molar-refractivity contribution in [1.82, 2.24) is 9.88 Å². The van der Waals surface area contributed by atoms with Crippen LogP contribution in [0.5, 0.6) is 0 Å². The maximum atomic E-state index is 12.3. The highest BCUT2D eigenvalue weighted by molar-refractivity contribution is 6.36. The molecule has 2 aromatic rings. The number of amides is 1. The molecule has 2 N–H and O–H groups in total. The number of carbonyl (C=O) groups excluding carboxylic acids is 1. The average molecular weight is 395 g/mol. The van der Waals surface area contributed by atoms with Gasteiger partial charge in [-0.2, -0.15) is 0 Å². The summed E-state index contributed by atoms with van der Waals surface area (Å²) in [5.41, 5.74) is 1.68. The number of hydrogen-bond acceptors (Lipinski definition) is 5. The quantitative estimate of drug-likeness (QED) is 0.785. The van der Waals surface area contributed by atoms with Gasteiger partial charge in [0, 0.05) is 31.2 Å². The van der Waals surface area contributed by atoms with E-state index in [9.17, 15) is 4.79 Å².